The van der Waals surface area contributed by atoms with Gasteiger partial charge in [-0.2, -0.15) is 0 Å². The van der Waals surface area contributed by atoms with Crippen molar-refractivity contribution >= 4 is 28.5 Å². The number of oxazole rings is 1. The molecular formula is C24H19NO4. The number of rotatable bonds is 6. The van der Waals surface area contributed by atoms with Crippen LogP contribution in [0.2, 0.25) is 0 Å². The number of hydrogen-bond donors (Lipinski definition) is 0. The van der Waals surface area contributed by atoms with Crippen LogP contribution in [0.25, 0.3) is 22.7 Å². The minimum absolute atomic E-state index is 0.193. The van der Waals surface area contributed by atoms with Gasteiger partial charge in [0.15, 0.2) is 11.4 Å². The molecule has 0 N–H and O–H groups in total. The third-order valence-electron chi connectivity index (χ3n) is 4.54. The highest BCUT2D eigenvalue weighted by atomic mass is 16.5. The van der Waals surface area contributed by atoms with Gasteiger partial charge in [-0.25, -0.2) is 4.98 Å². The van der Waals surface area contributed by atoms with E-state index in [2.05, 4.69) is 4.98 Å². The van der Waals surface area contributed by atoms with Gasteiger partial charge in [0.2, 0.25) is 5.89 Å². The standard InChI is InChI=1S/C24H19NO4/c1-27-18-12-13-21(28-2)17(14-18)15-19(23(26)16-8-4-3-5-9-16)24-25-20-10-6-7-11-22(20)29-24/h3-15H,1-2H3. The van der Waals surface area contributed by atoms with Crippen molar-refractivity contribution in [3.05, 3.63) is 89.8 Å². The van der Waals surface area contributed by atoms with Gasteiger partial charge in [0.1, 0.15) is 17.0 Å². The van der Waals surface area contributed by atoms with E-state index in [0.717, 1.165) is 0 Å². The van der Waals surface area contributed by atoms with Crippen LogP contribution in [0.1, 0.15) is 21.8 Å². The molecule has 0 radical (unpaired) electrons. The molecule has 0 fully saturated rings. The fourth-order valence-corrected chi connectivity index (χ4v) is 3.06. The Hall–Kier alpha value is -3.86. The quantitative estimate of drug-likeness (QED) is 0.334. The van der Waals surface area contributed by atoms with Crippen molar-refractivity contribution in [3.8, 4) is 11.5 Å². The maximum absolute atomic E-state index is 13.3. The molecule has 1 heterocycles. The number of fused-ring (bicyclic) bond motifs is 1. The first-order valence-electron chi connectivity index (χ1n) is 9.09. The number of aromatic nitrogens is 1. The number of carbonyl (C=O) groups is 1. The van der Waals surface area contributed by atoms with Gasteiger partial charge in [0.25, 0.3) is 0 Å². The molecule has 0 aliphatic carbocycles. The van der Waals surface area contributed by atoms with E-state index in [9.17, 15) is 4.79 Å². The predicted molar refractivity (Wildman–Crippen MR) is 112 cm³/mol. The average Bonchev–Trinajstić information content (AvgIpc) is 3.21. The van der Waals surface area contributed by atoms with Crippen molar-refractivity contribution in [2.24, 2.45) is 0 Å². The first-order valence-corrected chi connectivity index (χ1v) is 9.09. The molecule has 5 heteroatoms. The third-order valence-corrected chi connectivity index (χ3v) is 4.54. The van der Waals surface area contributed by atoms with Crippen LogP contribution in [-0.4, -0.2) is 25.0 Å². The highest BCUT2D eigenvalue weighted by Gasteiger charge is 2.21. The number of ketones is 1. The number of hydrogen-bond acceptors (Lipinski definition) is 5. The molecule has 0 atom stereocenters. The number of Topliss-reactive ketones (excluding diaryl/α,β-unsaturated/α-hetero) is 1. The summed E-state index contributed by atoms with van der Waals surface area (Å²) in [7, 11) is 3.17. The van der Waals surface area contributed by atoms with E-state index in [0.29, 0.717) is 39.3 Å². The maximum Gasteiger partial charge on any atom is 0.231 e. The second-order valence-corrected chi connectivity index (χ2v) is 6.35. The first kappa shape index (κ1) is 18.5. The smallest absolute Gasteiger partial charge is 0.231 e. The molecule has 0 aliphatic rings. The molecule has 144 valence electrons. The van der Waals surface area contributed by atoms with Gasteiger partial charge >= 0.3 is 0 Å². The summed E-state index contributed by atoms with van der Waals surface area (Å²) < 4.78 is 16.7. The van der Waals surface area contributed by atoms with Crippen LogP contribution < -0.4 is 9.47 Å². The van der Waals surface area contributed by atoms with Crippen LogP contribution in [0.5, 0.6) is 11.5 Å². The van der Waals surface area contributed by atoms with Crippen LogP contribution in [0, 0.1) is 0 Å². The molecule has 0 aliphatic heterocycles. The molecule has 0 saturated carbocycles. The van der Waals surface area contributed by atoms with Crippen molar-refractivity contribution in [3.63, 3.8) is 0 Å². The normalized spacial score (nSPS) is 11.4. The molecule has 1 aromatic heterocycles. The number of nitrogens with zero attached hydrogens (tertiary/aromatic N) is 1. The molecular weight excluding hydrogens is 366 g/mol. The van der Waals surface area contributed by atoms with Gasteiger partial charge in [-0.05, 0) is 36.4 Å². The Labute approximate surface area is 168 Å². The first-order chi connectivity index (χ1) is 14.2. The van der Waals surface area contributed by atoms with Gasteiger partial charge < -0.3 is 13.9 Å². The molecule has 5 nitrogen and oxygen atoms in total. The van der Waals surface area contributed by atoms with Crippen molar-refractivity contribution in [1.29, 1.82) is 0 Å². The van der Waals surface area contributed by atoms with Gasteiger partial charge in [-0.15, -0.1) is 0 Å². The van der Waals surface area contributed by atoms with Crippen molar-refractivity contribution in [2.45, 2.75) is 0 Å². The molecule has 0 saturated heterocycles. The molecule has 4 aromatic rings. The maximum atomic E-state index is 13.3. The summed E-state index contributed by atoms with van der Waals surface area (Å²) in [5.41, 5.74) is 2.87. The van der Waals surface area contributed by atoms with Crippen molar-refractivity contribution in [2.75, 3.05) is 14.2 Å². The molecule has 4 rings (SSSR count). The Morgan fingerprint density at radius 3 is 2.41 bits per heavy atom. The molecule has 0 bridgehead atoms. The molecule has 3 aromatic carbocycles. The highest BCUT2D eigenvalue weighted by Crippen LogP contribution is 2.31. The van der Waals surface area contributed by atoms with Gasteiger partial charge in [-0.3, -0.25) is 4.79 Å². The van der Waals surface area contributed by atoms with E-state index in [1.54, 1.807) is 50.6 Å². The Balaban J connectivity index is 1.91. The highest BCUT2D eigenvalue weighted by molar-refractivity contribution is 6.31. The lowest BCUT2D eigenvalue weighted by molar-refractivity contribution is 0.105. The number of methoxy groups -OCH3 is 2. The average molecular weight is 385 g/mol. The summed E-state index contributed by atoms with van der Waals surface area (Å²) in [6.07, 6.45) is 1.72. The molecule has 0 spiro atoms. The summed E-state index contributed by atoms with van der Waals surface area (Å²) >= 11 is 0. The van der Waals surface area contributed by atoms with E-state index in [1.165, 1.54) is 0 Å². The Morgan fingerprint density at radius 2 is 1.69 bits per heavy atom. The SMILES string of the molecule is COc1ccc(OC)c(C=C(C(=O)c2ccccc2)c2nc3ccccc3o2)c1. The third kappa shape index (κ3) is 3.75. The number of ether oxygens (including phenoxy) is 2. The lowest BCUT2D eigenvalue weighted by atomic mass is 10.0. The van der Waals surface area contributed by atoms with E-state index in [1.807, 2.05) is 42.5 Å². The monoisotopic (exact) mass is 385 g/mol. The van der Waals surface area contributed by atoms with Gasteiger partial charge in [0, 0.05) is 11.1 Å². The zero-order valence-electron chi connectivity index (χ0n) is 16.1. The van der Waals surface area contributed by atoms with E-state index >= 15 is 0 Å². The summed E-state index contributed by atoms with van der Waals surface area (Å²) in [5.74, 6) is 1.33. The van der Waals surface area contributed by atoms with Crippen LogP contribution in [0.4, 0.5) is 0 Å². The van der Waals surface area contributed by atoms with Crippen LogP contribution >= 0.6 is 0 Å². The van der Waals surface area contributed by atoms with Crippen LogP contribution in [0.3, 0.4) is 0 Å². The predicted octanol–water partition coefficient (Wildman–Crippen LogP) is 5.27. The molecule has 0 amide bonds. The number of allylic oxidation sites excluding steroid dienone is 1. The number of para-hydroxylation sites is 2. The Kier molecular flexibility index (Phi) is 5.12. The van der Waals surface area contributed by atoms with Crippen molar-refractivity contribution < 1.29 is 18.7 Å². The fraction of sp³-hybridized carbons (Fsp3) is 0.0833. The van der Waals surface area contributed by atoms with E-state index < -0.39 is 0 Å². The van der Waals surface area contributed by atoms with E-state index in [-0.39, 0.29) is 11.7 Å². The summed E-state index contributed by atoms with van der Waals surface area (Å²) in [4.78, 5) is 17.9. The second-order valence-electron chi connectivity index (χ2n) is 6.35. The lowest BCUT2D eigenvalue weighted by Gasteiger charge is -2.09. The fourth-order valence-electron chi connectivity index (χ4n) is 3.06. The number of carbonyl (C=O) groups excluding carboxylic acids is 1. The summed E-state index contributed by atoms with van der Waals surface area (Å²) in [5, 5.41) is 0. The van der Waals surface area contributed by atoms with Crippen molar-refractivity contribution in [1.82, 2.24) is 4.98 Å². The van der Waals surface area contributed by atoms with E-state index in [4.69, 9.17) is 13.9 Å². The van der Waals surface area contributed by atoms with Crippen LogP contribution in [-0.2, 0) is 0 Å². The Morgan fingerprint density at radius 1 is 0.931 bits per heavy atom. The summed E-state index contributed by atoms with van der Waals surface area (Å²) in [6, 6.07) is 21.9. The Bertz CT molecular complexity index is 1160. The largest absolute Gasteiger partial charge is 0.497 e. The molecule has 0 unspecified atom stereocenters. The van der Waals surface area contributed by atoms with Gasteiger partial charge in [0.05, 0.1) is 19.8 Å². The lowest BCUT2D eigenvalue weighted by Crippen LogP contribution is -2.03. The second kappa shape index (κ2) is 8.02. The minimum Gasteiger partial charge on any atom is -0.497 e. The van der Waals surface area contributed by atoms with Crippen LogP contribution in [0.15, 0.2) is 77.2 Å². The minimum atomic E-state index is -0.193. The zero-order valence-corrected chi connectivity index (χ0v) is 16.1. The topological polar surface area (TPSA) is 61.6 Å². The number of benzene rings is 3. The molecule has 29 heavy (non-hydrogen) atoms. The zero-order chi connectivity index (χ0) is 20.2. The van der Waals surface area contributed by atoms with Gasteiger partial charge in [-0.1, -0.05) is 42.5 Å². The summed E-state index contributed by atoms with van der Waals surface area (Å²) in [6.45, 7) is 0.